The topological polar surface area (TPSA) is 13.1 Å². The lowest BCUT2D eigenvalue weighted by molar-refractivity contribution is 0.398. The summed E-state index contributed by atoms with van der Waals surface area (Å²) in [4.78, 5) is 2.49. The summed E-state index contributed by atoms with van der Waals surface area (Å²) < 4.78 is 5.01. The van der Waals surface area contributed by atoms with Crippen molar-refractivity contribution < 1.29 is 0 Å². The quantitative estimate of drug-likeness (QED) is 0.0550. The smallest absolute Gasteiger partial charge is 0.0713 e. The first-order valence-electron chi connectivity index (χ1n) is 46.4. The van der Waals surface area contributed by atoms with Gasteiger partial charge in [0, 0.05) is 55.4 Å². The zero-order valence-corrected chi connectivity index (χ0v) is 74.6. The molecule has 0 saturated heterocycles. The molecule has 0 aliphatic heterocycles. The molecule has 3 aliphatic carbocycles. The standard InChI is InChI=1S/C121H117N3/c1-12-14-16-18-20-34-76-119(77-35-21-19-17-15-13-2)106-42-28-22-36-96(106)101-72-48-83(79-111(101)119)82-49-73-113-103(78-82)105-81-90(61-75-115(105)124(113)95-66-54-86(55-67-95)118(9,10)11)121(109-45-31-25-39-99(109)100-40-26-32-46-110(100)121)88-58-70-93(71-59-88)122(91-62-50-84(51-63-91)116(3,4)5)92-68-56-87(57-69-92)120(107-43-29-23-37-97(107)98-38-24-30-44-108(98)120)89-60-74-114-104(80-89)102-41-27-33-47-112(102)123(114)94-64-52-85(53-65-94)117(6,7)8/h22-33,36-75,78-81H,12-21,34-35,76-77H2,1-11H3. The highest BCUT2D eigenvalue weighted by Gasteiger charge is 2.49. The molecular weight excluding hydrogens is 1500 g/mol. The molecule has 616 valence electrons. The van der Waals surface area contributed by atoms with Gasteiger partial charge >= 0.3 is 0 Å². The van der Waals surface area contributed by atoms with Gasteiger partial charge in [0.1, 0.15) is 0 Å². The van der Waals surface area contributed by atoms with Gasteiger partial charge in [0.25, 0.3) is 0 Å². The van der Waals surface area contributed by atoms with Crippen LogP contribution >= 0.6 is 0 Å². The molecule has 124 heavy (non-hydrogen) atoms. The number of para-hydroxylation sites is 1. The van der Waals surface area contributed by atoms with Gasteiger partial charge in [0.15, 0.2) is 0 Å². The molecule has 2 aromatic heterocycles. The summed E-state index contributed by atoms with van der Waals surface area (Å²) in [5, 5.41) is 4.97. The molecule has 3 heteroatoms. The lowest BCUT2D eigenvalue weighted by Gasteiger charge is -2.35. The molecule has 0 fully saturated rings. The van der Waals surface area contributed by atoms with E-state index in [-0.39, 0.29) is 21.7 Å². The lowest BCUT2D eigenvalue weighted by atomic mass is 9.67. The average Bonchev–Trinajstić information content (AvgIpc) is 1.54. The number of aromatic nitrogens is 2. The van der Waals surface area contributed by atoms with E-state index >= 15 is 0 Å². The van der Waals surface area contributed by atoms with Crippen LogP contribution in [0.5, 0.6) is 0 Å². The van der Waals surface area contributed by atoms with Crippen LogP contribution in [0.25, 0.3) is 99.5 Å². The average molecular weight is 1610 g/mol. The Morgan fingerprint density at radius 3 is 0.976 bits per heavy atom. The molecule has 15 aromatic carbocycles. The minimum atomic E-state index is -0.705. The highest BCUT2D eigenvalue weighted by atomic mass is 15.1. The molecule has 0 unspecified atom stereocenters. The molecule has 2 heterocycles. The summed E-state index contributed by atoms with van der Waals surface area (Å²) in [6, 6.07) is 133. The Morgan fingerprint density at radius 2 is 0.548 bits per heavy atom. The van der Waals surface area contributed by atoms with Crippen LogP contribution in [0.3, 0.4) is 0 Å². The minimum absolute atomic E-state index is 0.00809. The number of benzene rings is 15. The predicted octanol–water partition coefficient (Wildman–Crippen LogP) is 33.4. The number of fused-ring (bicyclic) bond motifs is 15. The number of anilines is 3. The normalized spacial score (nSPS) is 14.1. The van der Waals surface area contributed by atoms with Gasteiger partial charge in [-0.25, -0.2) is 0 Å². The van der Waals surface area contributed by atoms with Crippen LogP contribution in [0, 0.1) is 0 Å². The second-order valence-corrected chi connectivity index (χ2v) is 39.3. The molecule has 0 radical (unpaired) electrons. The molecule has 3 nitrogen and oxygen atoms in total. The SMILES string of the molecule is CCCCCCCCC1(CCCCCCCC)c2ccccc2-c2ccc(-c3ccc4c(c3)c3cc(C5(c6ccc(N(c7ccc(C(C)(C)C)cc7)c7ccc(C8(c9ccc%10c(c9)c9ccccc9n%10-c9ccc(C(C)(C)C)cc9)c9ccccc9-c9ccccc98)cc7)cc6)c6ccccc6-c6ccccc65)ccc3n4-c3ccc(C(C)(C)C)cc3)cc21. The molecule has 0 spiro atoms. The zero-order chi connectivity index (χ0) is 84.9. The number of unbranched alkanes of at least 4 members (excludes halogenated alkanes) is 10. The molecule has 0 atom stereocenters. The monoisotopic (exact) mass is 1610 g/mol. The van der Waals surface area contributed by atoms with Crippen molar-refractivity contribution in [1.82, 2.24) is 9.13 Å². The Hall–Kier alpha value is -12.3. The summed E-state index contributed by atoms with van der Waals surface area (Å²) in [6.45, 7) is 25.4. The Bertz CT molecular complexity index is 6750. The third-order valence-corrected chi connectivity index (χ3v) is 28.8. The van der Waals surface area contributed by atoms with Gasteiger partial charge in [-0.3, -0.25) is 0 Å². The van der Waals surface area contributed by atoms with E-state index in [0.29, 0.717) is 0 Å². The Kier molecular flexibility index (Phi) is 20.5. The van der Waals surface area contributed by atoms with Crippen LogP contribution in [0.1, 0.15) is 238 Å². The van der Waals surface area contributed by atoms with E-state index in [9.17, 15) is 0 Å². The third kappa shape index (κ3) is 13.3. The van der Waals surface area contributed by atoms with Crippen molar-refractivity contribution >= 4 is 60.7 Å². The van der Waals surface area contributed by atoms with Crippen molar-refractivity contribution in [3.63, 3.8) is 0 Å². The van der Waals surface area contributed by atoms with Crippen molar-refractivity contribution in [2.45, 2.75) is 199 Å². The summed E-state index contributed by atoms with van der Waals surface area (Å²) in [6.07, 6.45) is 18.0. The van der Waals surface area contributed by atoms with Crippen LogP contribution in [-0.2, 0) is 32.5 Å². The Labute approximate surface area is 736 Å². The van der Waals surface area contributed by atoms with Crippen molar-refractivity contribution in [3.8, 4) is 55.9 Å². The molecule has 20 rings (SSSR count). The number of rotatable bonds is 24. The van der Waals surface area contributed by atoms with Gasteiger partial charge in [-0.05, 0) is 255 Å². The summed E-state index contributed by atoms with van der Waals surface area (Å²) >= 11 is 0. The maximum atomic E-state index is 2.66. The molecular formula is C121H117N3. The van der Waals surface area contributed by atoms with Crippen LogP contribution in [0.15, 0.2) is 340 Å². The minimum Gasteiger partial charge on any atom is -0.311 e. The summed E-state index contributed by atoms with van der Waals surface area (Å²) in [5.41, 5.74) is 36.6. The Morgan fingerprint density at radius 1 is 0.242 bits per heavy atom. The van der Waals surface area contributed by atoms with E-state index in [4.69, 9.17) is 0 Å². The van der Waals surface area contributed by atoms with Crippen molar-refractivity contribution in [3.05, 3.63) is 412 Å². The van der Waals surface area contributed by atoms with Crippen molar-refractivity contribution in [2.24, 2.45) is 0 Å². The van der Waals surface area contributed by atoms with Gasteiger partial charge < -0.3 is 14.0 Å². The summed E-state index contributed by atoms with van der Waals surface area (Å²) in [7, 11) is 0. The molecule has 0 amide bonds. The number of nitrogens with zero attached hydrogens (tertiary/aromatic N) is 3. The summed E-state index contributed by atoms with van der Waals surface area (Å²) in [5.74, 6) is 0. The molecule has 0 N–H and O–H groups in total. The van der Waals surface area contributed by atoms with E-state index in [1.807, 2.05) is 0 Å². The highest BCUT2D eigenvalue weighted by molar-refractivity contribution is 6.12. The van der Waals surface area contributed by atoms with Gasteiger partial charge in [0.2, 0.25) is 0 Å². The number of hydrogen-bond donors (Lipinski definition) is 0. The number of hydrogen-bond acceptors (Lipinski definition) is 1. The van der Waals surface area contributed by atoms with E-state index in [0.717, 1.165) is 28.4 Å². The molecule has 3 aliphatic rings. The zero-order valence-electron chi connectivity index (χ0n) is 74.6. The van der Waals surface area contributed by atoms with Crippen LogP contribution in [-0.4, -0.2) is 9.13 Å². The highest BCUT2D eigenvalue weighted by Crippen LogP contribution is 2.61. The first-order chi connectivity index (χ1) is 60.3. The van der Waals surface area contributed by atoms with Gasteiger partial charge in [0.05, 0.1) is 32.9 Å². The lowest BCUT2D eigenvalue weighted by Crippen LogP contribution is -2.29. The fourth-order valence-electron chi connectivity index (χ4n) is 22.5. The fourth-order valence-corrected chi connectivity index (χ4v) is 22.5. The van der Waals surface area contributed by atoms with Gasteiger partial charge in [-0.15, -0.1) is 0 Å². The van der Waals surface area contributed by atoms with Crippen LogP contribution < -0.4 is 4.90 Å². The van der Waals surface area contributed by atoms with E-state index in [1.54, 1.807) is 5.56 Å². The van der Waals surface area contributed by atoms with Gasteiger partial charge in [-0.2, -0.15) is 0 Å². The largest absolute Gasteiger partial charge is 0.311 e. The predicted molar refractivity (Wildman–Crippen MR) is 528 cm³/mol. The molecule has 0 saturated carbocycles. The second-order valence-electron chi connectivity index (χ2n) is 39.3. The van der Waals surface area contributed by atoms with E-state index in [1.165, 1.54) is 245 Å². The van der Waals surface area contributed by atoms with Crippen LogP contribution in [0.2, 0.25) is 0 Å². The van der Waals surface area contributed by atoms with E-state index < -0.39 is 10.8 Å². The van der Waals surface area contributed by atoms with E-state index in [2.05, 4.69) is 430 Å². The van der Waals surface area contributed by atoms with Crippen molar-refractivity contribution in [2.75, 3.05) is 4.90 Å². The maximum Gasteiger partial charge on any atom is 0.0713 e. The first kappa shape index (κ1) is 80.1. The molecule has 0 bridgehead atoms. The van der Waals surface area contributed by atoms with Gasteiger partial charge in [-0.1, -0.05) is 384 Å². The second kappa shape index (κ2) is 31.8. The maximum absolute atomic E-state index is 2.66. The Balaban J connectivity index is 0.736. The molecule has 17 aromatic rings. The van der Waals surface area contributed by atoms with Crippen molar-refractivity contribution in [1.29, 1.82) is 0 Å². The first-order valence-corrected chi connectivity index (χ1v) is 46.4. The van der Waals surface area contributed by atoms with Crippen LogP contribution in [0.4, 0.5) is 17.1 Å². The fraction of sp³-hybridized carbons (Fsp3) is 0.256. The third-order valence-electron chi connectivity index (χ3n) is 28.8.